The Kier molecular flexibility index (Phi) is 4.57. The van der Waals surface area contributed by atoms with E-state index in [2.05, 4.69) is 5.32 Å². The summed E-state index contributed by atoms with van der Waals surface area (Å²) in [6, 6.07) is 6.18. The third kappa shape index (κ3) is 3.30. The first-order valence-corrected chi connectivity index (χ1v) is 7.12. The normalized spacial score (nSPS) is 20.2. The maximum absolute atomic E-state index is 9.95. The fourth-order valence-electron chi connectivity index (χ4n) is 2.03. The number of rotatable bonds is 4. The van der Waals surface area contributed by atoms with Crippen molar-refractivity contribution in [3.8, 4) is 11.5 Å². The van der Waals surface area contributed by atoms with Gasteiger partial charge in [0, 0.05) is 23.9 Å². The second-order valence-electron chi connectivity index (χ2n) is 4.26. The monoisotopic (exact) mass is 253 g/mol. The highest BCUT2D eigenvalue weighted by Gasteiger charge is 2.14. The molecule has 0 radical (unpaired) electrons. The van der Waals surface area contributed by atoms with Crippen LogP contribution in [0.1, 0.15) is 18.4 Å². The fourth-order valence-corrected chi connectivity index (χ4v) is 3.14. The Labute approximate surface area is 107 Å². The molecule has 1 aliphatic rings. The molecular formula is C13H19NO2S. The van der Waals surface area contributed by atoms with Gasteiger partial charge in [-0.25, -0.2) is 0 Å². The van der Waals surface area contributed by atoms with Crippen molar-refractivity contribution in [1.82, 2.24) is 5.32 Å². The molecule has 1 aromatic carbocycles. The first-order valence-electron chi connectivity index (χ1n) is 5.97. The lowest BCUT2D eigenvalue weighted by atomic mass is 10.1. The Bertz CT molecular complexity index is 364. The molecule has 1 atom stereocenters. The number of methoxy groups -OCH3 is 1. The van der Waals surface area contributed by atoms with E-state index < -0.39 is 0 Å². The van der Waals surface area contributed by atoms with E-state index in [4.69, 9.17) is 4.74 Å². The molecule has 2 rings (SSSR count). The van der Waals surface area contributed by atoms with Gasteiger partial charge in [-0.2, -0.15) is 11.8 Å². The lowest BCUT2D eigenvalue weighted by Crippen LogP contribution is -2.33. The number of phenols is 1. The summed E-state index contributed by atoms with van der Waals surface area (Å²) < 4.78 is 5.10. The van der Waals surface area contributed by atoms with E-state index in [-0.39, 0.29) is 5.75 Å². The lowest BCUT2D eigenvalue weighted by molar-refractivity contribution is 0.368. The molecule has 2 N–H and O–H groups in total. The summed E-state index contributed by atoms with van der Waals surface area (Å²) in [7, 11) is 1.57. The molecule has 0 aromatic heterocycles. The van der Waals surface area contributed by atoms with Gasteiger partial charge in [0.05, 0.1) is 7.11 Å². The summed E-state index contributed by atoms with van der Waals surface area (Å²) in [4.78, 5) is 0. The Morgan fingerprint density at radius 2 is 2.41 bits per heavy atom. The van der Waals surface area contributed by atoms with Gasteiger partial charge in [0.2, 0.25) is 0 Å². The van der Waals surface area contributed by atoms with Gasteiger partial charge < -0.3 is 15.2 Å². The lowest BCUT2D eigenvalue weighted by Gasteiger charge is -2.22. The van der Waals surface area contributed by atoms with E-state index in [0.29, 0.717) is 18.3 Å². The molecule has 94 valence electrons. The molecule has 0 saturated carbocycles. The quantitative estimate of drug-likeness (QED) is 0.864. The highest BCUT2D eigenvalue weighted by molar-refractivity contribution is 7.99. The van der Waals surface area contributed by atoms with Crippen molar-refractivity contribution in [2.45, 2.75) is 25.4 Å². The number of benzene rings is 1. The molecule has 0 bridgehead atoms. The Balaban J connectivity index is 1.93. The molecule has 0 spiro atoms. The minimum absolute atomic E-state index is 0.256. The van der Waals surface area contributed by atoms with Crippen molar-refractivity contribution >= 4 is 11.8 Å². The topological polar surface area (TPSA) is 41.5 Å². The number of nitrogens with one attached hydrogen (secondary N) is 1. The Morgan fingerprint density at radius 1 is 1.53 bits per heavy atom. The minimum atomic E-state index is 0.256. The van der Waals surface area contributed by atoms with Crippen LogP contribution in [0.15, 0.2) is 18.2 Å². The maximum Gasteiger partial charge on any atom is 0.162 e. The van der Waals surface area contributed by atoms with Gasteiger partial charge in [0.1, 0.15) is 0 Å². The third-order valence-corrected chi connectivity index (χ3v) is 4.26. The molecule has 0 aliphatic carbocycles. The third-order valence-electron chi connectivity index (χ3n) is 3.04. The van der Waals surface area contributed by atoms with Gasteiger partial charge in [-0.3, -0.25) is 0 Å². The molecule has 1 aromatic rings. The van der Waals surface area contributed by atoms with Gasteiger partial charge in [-0.1, -0.05) is 12.1 Å². The molecule has 4 heteroatoms. The zero-order valence-electron chi connectivity index (χ0n) is 10.1. The van der Waals surface area contributed by atoms with Crippen LogP contribution in [0.3, 0.4) is 0 Å². The van der Waals surface area contributed by atoms with E-state index in [9.17, 15) is 5.11 Å². The van der Waals surface area contributed by atoms with Crippen LogP contribution < -0.4 is 10.1 Å². The zero-order chi connectivity index (χ0) is 12.1. The van der Waals surface area contributed by atoms with Gasteiger partial charge in [0.15, 0.2) is 11.5 Å². The number of aromatic hydroxyl groups is 1. The number of hydrogen-bond acceptors (Lipinski definition) is 4. The van der Waals surface area contributed by atoms with Crippen molar-refractivity contribution < 1.29 is 9.84 Å². The number of phenolic OH excluding ortho intramolecular Hbond substituents is 1. The van der Waals surface area contributed by atoms with Gasteiger partial charge >= 0.3 is 0 Å². The second-order valence-corrected chi connectivity index (χ2v) is 5.41. The van der Waals surface area contributed by atoms with Crippen LogP contribution >= 0.6 is 11.8 Å². The van der Waals surface area contributed by atoms with Crippen molar-refractivity contribution in [3.05, 3.63) is 23.8 Å². The summed E-state index contributed by atoms with van der Waals surface area (Å²) in [5.74, 6) is 3.25. The van der Waals surface area contributed by atoms with Crippen LogP contribution in [0.2, 0.25) is 0 Å². The molecular weight excluding hydrogens is 234 g/mol. The zero-order valence-corrected chi connectivity index (χ0v) is 10.9. The molecule has 17 heavy (non-hydrogen) atoms. The Hall–Kier alpha value is -0.870. The number of thioether (sulfide) groups is 1. The average Bonchev–Trinajstić information content (AvgIpc) is 2.39. The van der Waals surface area contributed by atoms with Crippen LogP contribution in [-0.4, -0.2) is 29.8 Å². The molecule has 3 nitrogen and oxygen atoms in total. The number of hydrogen-bond donors (Lipinski definition) is 2. The fraction of sp³-hybridized carbons (Fsp3) is 0.538. The summed E-state index contributed by atoms with van der Waals surface area (Å²) in [6.45, 7) is 0.703. The number of para-hydroxylation sites is 1. The molecule has 1 heterocycles. The average molecular weight is 253 g/mol. The largest absolute Gasteiger partial charge is 0.504 e. The first kappa shape index (κ1) is 12.6. The predicted molar refractivity (Wildman–Crippen MR) is 71.8 cm³/mol. The minimum Gasteiger partial charge on any atom is -0.504 e. The molecule has 1 saturated heterocycles. The van der Waals surface area contributed by atoms with E-state index >= 15 is 0 Å². The van der Waals surface area contributed by atoms with Crippen LogP contribution in [-0.2, 0) is 6.54 Å². The van der Waals surface area contributed by atoms with Crippen molar-refractivity contribution in [2.24, 2.45) is 0 Å². The summed E-state index contributed by atoms with van der Waals surface area (Å²) in [6.07, 6.45) is 2.52. The van der Waals surface area contributed by atoms with Crippen molar-refractivity contribution in [1.29, 1.82) is 0 Å². The van der Waals surface area contributed by atoms with Crippen molar-refractivity contribution in [2.75, 3.05) is 18.6 Å². The molecule has 1 aliphatic heterocycles. The Morgan fingerprint density at radius 3 is 3.12 bits per heavy atom. The molecule has 0 amide bonds. The van der Waals surface area contributed by atoms with E-state index in [1.165, 1.54) is 24.3 Å². The SMILES string of the molecule is COc1cccc(CNC2CCCSC2)c1O. The van der Waals surface area contributed by atoms with E-state index in [1.54, 1.807) is 13.2 Å². The predicted octanol–water partition coefficient (Wildman–Crippen LogP) is 2.39. The van der Waals surface area contributed by atoms with Gasteiger partial charge in [-0.15, -0.1) is 0 Å². The van der Waals surface area contributed by atoms with Crippen LogP contribution in [0.5, 0.6) is 11.5 Å². The highest BCUT2D eigenvalue weighted by atomic mass is 32.2. The summed E-state index contributed by atoms with van der Waals surface area (Å²) >= 11 is 2.00. The highest BCUT2D eigenvalue weighted by Crippen LogP contribution is 2.29. The standard InChI is InChI=1S/C13H19NO2S/c1-16-12-6-2-4-10(13(12)15)8-14-11-5-3-7-17-9-11/h2,4,6,11,14-15H,3,5,7-9H2,1H3. The number of ether oxygens (including phenoxy) is 1. The van der Waals surface area contributed by atoms with Crippen molar-refractivity contribution in [3.63, 3.8) is 0 Å². The second kappa shape index (κ2) is 6.17. The van der Waals surface area contributed by atoms with E-state index in [0.717, 1.165) is 5.56 Å². The van der Waals surface area contributed by atoms with Crippen LogP contribution in [0.4, 0.5) is 0 Å². The van der Waals surface area contributed by atoms with E-state index in [1.807, 2.05) is 23.9 Å². The van der Waals surface area contributed by atoms with Crippen LogP contribution in [0.25, 0.3) is 0 Å². The molecule has 1 fully saturated rings. The van der Waals surface area contributed by atoms with Gasteiger partial charge in [-0.05, 0) is 24.7 Å². The van der Waals surface area contributed by atoms with Gasteiger partial charge in [0.25, 0.3) is 0 Å². The molecule has 1 unspecified atom stereocenters. The smallest absolute Gasteiger partial charge is 0.162 e. The summed E-state index contributed by atoms with van der Waals surface area (Å²) in [5, 5.41) is 13.4. The van der Waals surface area contributed by atoms with Crippen LogP contribution in [0, 0.1) is 0 Å². The summed E-state index contributed by atoms with van der Waals surface area (Å²) in [5.41, 5.74) is 0.903. The first-order chi connectivity index (χ1) is 8.31. The maximum atomic E-state index is 9.95.